The summed E-state index contributed by atoms with van der Waals surface area (Å²) in [7, 11) is 0.200. The maximum Gasteiger partial charge on any atom is 0 e. The normalized spacial score (nSPS) is 9.68. The zero-order valence-electron chi connectivity index (χ0n) is 12.3. The Morgan fingerprint density at radius 3 is 1.26 bits per heavy atom. The van der Waals surface area contributed by atoms with Gasteiger partial charge in [0.2, 0.25) is 0 Å². The molecule has 0 aliphatic heterocycles. The van der Waals surface area contributed by atoms with Crippen LogP contribution in [0.15, 0.2) is 24.3 Å². The molecule has 0 heterocycles. The second-order valence-corrected chi connectivity index (χ2v) is 9.49. The number of rotatable bonds is 6. The molecule has 1 aromatic rings. The number of hydrogen-bond acceptors (Lipinski definition) is 0. The van der Waals surface area contributed by atoms with Crippen LogP contribution in [0.25, 0.3) is 0 Å². The van der Waals surface area contributed by atoms with Gasteiger partial charge in [0.1, 0.15) is 0 Å². The first-order valence-electron chi connectivity index (χ1n) is 6.57. The van der Waals surface area contributed by atoms with Gasteiger partial charge >= 0.3 is 11.3 Å². The van der Waals surface area contributed by atoms with Gasteiger partial charge in [-0.05, 0) is 35.3 Å². The van der Waals surface area contributed by atoms with Crippen LogP contribution in [-0.4, -0.2) is 24.6 Å². The maximum absolute atomic E-state index is 7.50. The van der Waals surface area contributed by atoms with Gasteiger partial charge < -0.3 is 0 Å². The minimum atomic E-state index is 0. The number of hydrogen-bond donors (Lipinski definition) is 0. The Kier molecular flexibility index (Phi) is 15.5. The van der Waals surface area contributed by atoms with Crippen LogP contribution in [0.3, 0.4) is 0 Å². The summed E-state index contributed by atoms with van der Waals surface area (Å²) in [4.78, 5) is 0. The van der Waals surface area contributed by atoms with E-state index in [1.807, 2.05) is 0 Å². The predicted molar refractivity (Wildman–Crippen MR) is 85.6 cm³/mol. The van der Waals surface area contributed by atoms with E-state index < -0.39 is 0 Å². The molecule has 106 valence electrons. The summed E-state index contributed by atoms with van der Waals surface area (Å²) in [6.45, 7) is 13.9. The van der Waals surface area contributed by atoms with E-state index in [2.05, 4.69) is 58.6 Å². The van der Waals surface area contributed by atoms with Gasteiger partial charge in [-0.2, -0.15) is 0 Å². The summed E-state index contributed by atoms with van der Waals surface area (Å²) in [6.07, 6.45) is 5.33. The van der Waals surface area contributed by atoms with E-state index in [1.165, 1.54) is 24.6 Å². The quantitative estimate of drug-likeness (QED) is 0.309. The van der Waals surface area contributed by atoms with E-state index >= 15 is 0 Å². The van der Waals surface area contributed by atoms with Crippen LogP contribution in [0.1, 0.15) is 27.7 Å². The summed E-state index contributed by atoms with van der Waals surface area (Å²) in [5, 5.41) is 3.38. The predicted octanol–water partition coefficient (Wildman–Crippen LogP) is 3.94. The van der Waals surface area contributed by atoms with Crippen LogP contribution in [0, 0.1) is 6.65 Å². The van der Waals surface area contributed by atoms with E-state index in [0.29, 0.717) is 0 Å². The first kappa shape index (κ1) is 21.8. The Hall–Kier alpha value is 0.508. The smallest absolute Gasteiger partial charge is 0 e. The molecule has 0 radical (unpaired) electrons. The van der Waals surface area contributed by atoms with Crippen LogP contribution in [0.4, 0.5) is 0 Å². The van der Waals surface area contributed by atoms with Crippen LogP contribution in [-0.2, 0) is 25.7 Å². The molecule has 0 bridgehead atoms. The fourth-order valence-electron chi connectivity index (χ4n) is 2.13. The van der Waals surface area contributed by atoms with Crippen molar-refractivity contribution in [3.63, 3.8) is 0 Å². The molecule has 0 spiro atoms. The molecule has 0 N–H and O–H groups in total. The Labute approximate surface area is 135 Å². The summed E-state index contributed by atoms with van der Waals surface area (Å²) in [6, 6.07) is 9.21. The van der Waals surface area contributed by atoms with Gasteiger partial charge in [0.05, 0.1) is 0 Å². The van der Waals surface area contributed by atoms with Gasteiger partial charge in [-0.25, -0.2) is 0 Å². The van der Waals surface area contributed by atoms with Crippen LogP contribution < -0.4 is 10.6 Å². The van der Waals surface area contributed by atoms with Crippen molar-refractivity contribution in [2.24, 2.45) is 0 Å². The molecular weight excluding hydrogens is 354 g/mol. The average molecular weight is 378 g/mol. The van der Waals surface area contributed by atoms with Crippen molar-refractivity contribution in [2.75, 3.05) is 24.6 Å². The fraction of sp³-hybridized carbons (Fsp3) is 0.533. The van der Waals surface area contributed by atoms with Crippen LogP contribution in [0.5, 0.6) is 0 Å². The molecule has 0 saturated carbocycles. The number of benzene rings is 1. The maximum atomic E-state index is 7.50. The van der Waals surface area contributed by atoms with Gasteiger partial charge in [-0.3, -0.25) is 0 Å². The molecule has 0 saturated heterocycles. The molecule has 0 amide bonds. The monoisotopic (exact) mass is 380 g/mol. The zero-order valence-corrected chi connectivity index (χ0v) is 16.1. The molecule has 1 rings (SSSR count). The molecule has 1 nitrogen and oxygen atoms in total. The van der Waals surface area contributed by atoms with Gasteiger partial charge in [0.25, 0.3) is 0 Å². The molecule has 4 heteroatoms. The van der Waals surface area contributed by atoms with E-state index in [0.717, 1.165) is 0 Å². The molecule has 0 aliphatic rings. The Morgan fingerprint density at radius 1 is 0.789 bits per heavy atom. The first-order chi connectivity index (χ1) is 8.78. The molecule has 0 aliphatic carbocycles. The Balaban J connectivity index is 0. The summed E-state index contributed by atoms with van der Waals surface area (Å²) >= 11 is 0. The molecule has 0 aromatic heterocycles. The minimum absolute atomic E-state index is 0. The van der Waals surface area contributed by atoms with E-state index in [-0.39, 0.29) is 36.9 Å². The third kappa shape index (κ3) is 6.67. The van der Waals surface area contributed by atoms with Gasteiger partial charge in [0, 0.05) is 21.1 Å². The van der Waals surface area contributed by atoms with E-state index in [4.69, 9.17) is 4.65 Å². The van der Waals surface area contributed by atoms with Crippen molar-refractivity contribution in [1.29, 1.82) is 0 Å². The molecule has 19 heavy (non-hydrogen) atoms. The second-order valence-electron chi connectivity index (χ2n) is 3.83. The van der Waals surface area contributed by atoms with Crippen molar-refractivity contribution in [3.8, 4) is 0 Å². The third-order valence-electron chi connectivity index (χ3n) is 3.09. The van der Waals surface area contributed by atoms with Crippen LogP contribution in [0.2, 0.25) is 0 Å². The summed E-state index contributed by atoms with van der Waals surface area (Å²) in [5.41, 5.74) is 0. The largest absolute Gasteiger partial charge is 0 e. The van der Waals surface area contributed by atoms with Gasteiger partial charge in [0.15, 0.2) is 0 Å². The van der Waals surface area contributed by atoms with Crippen molar-refractivity contribution in [2.45, 2.75) is 27.7 Å². The van der Waals surface area contributed by atoms with Crippen molar-refractivity contribution in [1.82, 2.24) is 0 Å². The topological polar surface area (TPSA) is 19.9 Å². The first-order valence-corrected chi connectivity index (χ1v) is 10.00. The average Bonchev–Trinajstić information content (AvgIpc) is 2.45. The van der Waals surface area contributed by atoms with Crippen molar-refractivity contribution < 1.29 is 25.7 Å². The van der Waals surface area contributed by atoms with Crippen molar-refractivity contribution >= 4 is 26.5 Å². The standard InChI is InChI=1S/C14H24P2.CO.Mo/c1-5-15(6-2)13-11-9-10-12-14(13)16(7-3)8-4;1-2;/h9-12H,5-8H2,1-4H3;;. The molecule has 0 fully saturated rings. The molecule has 1 aromatic carbocycles. The summed E-state index contributed by atoms with van der Waals surface area (Å²) < 4.78 is 7.50. The van der Waals surface area contributed by atoms with Crippen LogP contribution >= 0.6 is 15.8 Å². The Morgan fingerprint density at radius 2 is 1.05 bits per heavy atom. The van der Waals surface area contributed by atoms with Gasteiger partial charge in [-0.15, -0.1) is 0 Å². The van der Waals surface area contributed by atoms with Crippen molar-refractivity contribution in [3.05, 3.63) is 30.9 Å². The fourth-order valence-corrected chi connectivity index (χ4v) is 6.62. The van der Waals surface area contributed by atoms with E-state index in [1.54, 1.807) is 10.6 Å². The molecule has 0 unspecified atom stereocenters. The minimum Gasteiger partial charge on any atom is 0 e. The van der Waals surface area contributed by atoms with E-state index in [9.17, 15) is 0 Å². The van der Waals surface area contributed by atoms with Gasteiger partial charge in [-0.1, -0.05) is 67.8 Å². The Bertz CT molecular complexity index is 316. The SMILES string of the molecule is CCP(CC)c1ccccc1P(CC)CC.[C-]#[O+].[Mo]. The molecule has 0 atom stereocenters. The second kappa shape index (κ2) is 13.5. The third-order valence-corrected chi connectivity index (χ3v) is 8.46. The molecular formula is C15H24MoOP2. The summed E-state index contributed by atoms with van der Waals surface area (Å²) in [5.74, 6) is 0. The zero-order chi connectivity index (χ0) is 14.0.